The zero-order chi connectivity index (χ0) is 15.1. The van der Waals surface area contributed by atoms with E-state index in [9.17, 15) is 9.90 Å². The fourth-order valence-corrected chi connectivity index (χ4v) is 1.82. The molecule has 0 radical (unpaired) electrons. The minimum absolute atomic E-state index is 0.118. The molecular formula is C15H17NO5. The fraction of sp³-hybridized carbons (Fsp3) is 0.267. The molecule has 0 fully saturated rings. The van der Waals surface area contributed by atoms with Crippen molar-refractivity contribution in [3.05, 3.63) is 60.1 Å². The van der Waals surface area contributed by atoms with E-state index in [1.807, 2.05) is 30.3 Å². The highest BCUT2D eigenvalue weighted by atomic mass is 16.5. The Bertz CT molecular complexity index is 540. The van der Waals surface area contributed by atoms with Gasteiger partial charge in [0.15, 0.2) is 0 Å². The maximum Gasteiger partial charge on any atom is 0.408 e. The van der Waals surface area contributed by atoms with Crippen molar-refractivity contribution >= 4 is 6.09 Å². The number of aliphatic hydroxyl groups excluding tert-OH is 2. The molecule has 1 amide bonds. The third-order valence-corrected chi connectivity index (χ3v) is 2.91. The molecule has 1 aromatic carbocycles. The Morgan fingerprint density at radius 3 is 2.62 bits per heavy atom. The second kappa shape index (κ2) is 7.47. The van der Waals surface area contributed by atoms with Gasteiger partial charge in [-0.25, -0.2) is 4.79 Å². The number of rotatable bonds is 6. The van der Waals surface area contributed by atoms with Crippen LogP contribution in [0.4, 0.5) is 4.79 Å². The van der Waals surface area contributed by atoms with Gasteiger partial charge in [0, 0.05) is 0 Å². The molecule has 0 aliphatic carbocycles. The Labute approximate surface area is 122 Å². The van der Waals surface area contributed by atoms with Crippen LogP contribution in [-0.4, -0.2) is 29.0 Å². The smallest absolute Gasteiger partial charge is 0.408 e. The largest absolute Gasteiger partial charge is 0.467 e. The number of aliphatic hydroxyl groups is 2. The number of alkyl carbamates (subject to hydrolysis) is 1. The Kier molecular flexibility index (Phi) is 5.36. The second-order valence-electron chi connectivity index (χ2n) is 4.45. The fourth-order valence-electron chi connectivity index (χ4n) is 1.82. The summed E-state index contributed by atoms with van der Waals surface area (Å²) in [5, 5.41) is 21.3. The number of furan rings is 1. The maximum absolute atomic E-state index is 11.8. The lowest BCUT2D eigenvalue weighted by Crippen LogP contribution is -2.38. The Balaban J connectivity index is 1.92. The quantitative estimate of drug-likeness (QED) is 0.752. The molecular weight excluding hydrogens is 274 g/mol. The van der Waals surface area contributed by atoms with Crippen LogP contribution >= 0.6 is 0 Å². The number of hydrogen-bond acceptors (Lipinski definition) is 5. The van der Waals surface area contributed by atoms with Crippen molar-refractivity contribution in [2.75, 3.05) is 6.61 Å². The van der Waals surface area contributed by atoms with Crippen molar-refractivity contribution in [2.24, 2.45) is 0 Å². The molecule has 0 aliphatic heterocycles. The molecule has 21 heavy (non-hydrogen) atoms. The first-order chi connectivity index (χ1) is 10.2. The van der Waals surface area contributed by atoms with E-state index in [0.717, 1.165) is 5.56 Å². The van der Waals surface area contributed by atoms with Gasteiger partial charge >= 0.3 is 6.09 Å². The highest BCUT2D eigenvalue weighted by molar-refractivity contribution is 5.67. The summed E-state index contributed by atoms with van der Waals surface area (Å²) in [6.07, 6.45) is -0.461. The number of nitrogens with one attached hydrogen (secondary N) is 1. The molecule has 1 heterocycles. The summed E-state index contributed by atoms with van der Waals surface area (Å²) in [7, 11) is 0. The topological polar surface area (TPSA) is 91.9 Å². The van der Waals surface area contributed by atoms with Crippen molar-refractivity contribution in [2.45, 2.75) is 18.8 Å². The third-order valence-electron chi connectivity index (χ3n) is 2.91. The third kappa shape index (κ3) is 4.34. The van der Waals surface area contributed by atoms with Crippen LogP contribution in [0.2, 0.25) is 0 Å². The second-order valence-corrected chi connectivity index (χ2v) is 4.45. The van der Waals surface area contributed by atoms with Crippen molar-refractivity contribution in [1.29, 1.82) is 0 Å². The minimum atomic E-state index is -1.18. The number of hydrogen-bond donors (Lipinski definition) is 3. The van der Waals surface area contributed by atoms with E-state index in [0.29, 0.717) is 5.76 Å². The van der Waals surface area contributed by atoms with E-state index in [2.05, 4.69) is 5.32 Å². The van der Waals surface area contributed by atoms with Crippen LogP contribution in [0, 0.1) is 0 Å². The van der Waals surface area contributed by atoms with Crippen LogP contribution in [0.15, 0.2) is 53.1 Å². The monoisotopic (exact) mass is 291 g/mol. The number of ether oxygens (including phenoxy) is 1. The standard InChI is InChI=1S/C15H17NO5/c17-9-12(18)14(13-7-4-8-20-13)16-15(19)21-10-11-5-2-1-3-6-11/h1-8,12,14,17-18H,9-10H2,(H,16,19)/t12-,14+/m0/s1. The predicted octanol–water partition coefficient (Wildman–Crippen LogP) is 1.60. The molecule has 112 valence electrons. The van der Waals surface area contributed by atoms with Crippen molar-refractivity contribution < 1.29 is 24.2 Å². The summed E-state index contributed by atoms with van der Waals surface area (Å²) >= 11 is 0. The summed E-state index contributed by atoms with van der Waals surface area (Å²) in [6, 6.07) is 11.6. The van der Waals surface area contributed by atoms with Crippen LogP contribution < -0.4 is 5.32 Å². The summed E-state index contributed by atoms with van der Waals surface area (Å²) in [5.74, 6) is 0.341. The minimum Gasteiger partial charge on any atom is -0.467 e. The lowest BCUT2D eigenvalue weighted by molar-refractivity contribution is 0.0507. The van der Waals surface area contributed by atoms with Gasteiger partial charge in [-0.15, -0.1) is 0 Å². The summed E-state index contributed by atoms with van der Waals surface area (Å²) in [6.45, 7) is -0.392. The van der Waals surface area contributed by atoms with Crippen molar-refractivity contribution in [1.82, 2.24) is 5.32 Å². The van der Waals surface area contributed by atoms with E-state index in [4.69, 9.17) is 14.3 Å². The molecule has 3 N–H and O–H groups in total. The van der Waals surface area contributed by atoms with Gasteiger partial charge in [0.1, 0.15) is 24.5 Å². The number of benzene rings is 1. The molecule has 0 aliphatic rings. The number of carbonyl (C=O) groups is 1. The molecule has 6 nitrogen and oxygen atoms in total. The molecule has 2 rings (SSSR count). The summed E-state index contributed by atoms with van der Waals surface area (Å²) < 4.78 is 10.2. The first-order valence-corrected chi connectivity index (χ1v) is 6.50. The normalized spacial score (nSPS) is 13.4. The molecule has 1 aromatic heterocycles. The van der Waals surface area contributed by atoms with Gasteiger partial charge in [-0.2, -0.15) is 0 Å². The van der Waals surface area contributed by atoms with Crippen LogP contribution in [0.1, 0.15) is 17.4 Å². The average molecular weight is 291 g/mol. The summed E-state index contributed by atoms with van der Waals surface area (Å²) in [5.41, 5.74) is 0.852. The van der Waals surface area contributed by atoms with Gasteiger partial charge in [-0.05, 0) is 17.7 Å². The van der Waals surface area contributed by atoms with Crippen LogP contribution in [0.5, 0.6) is 0 Å². The van der Waals surface area contributed by atoms with E-state index in [1.165, 1.54) is 6.26 Å². The Morgan fingerprint density at radius 1 is 1.24 bits per heavy atom. The first-order valence-electron chi connectivity index (χ1n) is 6.50. The van der Waals surface area contributed by atoms with E-state index >= 15 is 0 Å². The first kappa shape index (κ1) is 15.1. The van der Waals surface area contributed by atoms with Crippen LogP contribution in [0.3, 0.4) is 0 Å². The molecule has 0 bridgehead atoms. The van der Waals surface area contributed by atoms with Crippen LogP contribution in [0.25, 0.3) is 0 Å². The highest BCUT2D eigenvalue weighted by Crippen LogP contribution is 2.17. The van der Waals surface area contributed by atoms with E-state index in [-0.39, 0.29) is 6.61 Å². The molecule has 0 saturated carbocycles. The summed E-state index contributed by atoms with van der Waals surface area (Å²) in [4.78, 5) is 11.8. The van der Waals surface area contributed by atoms with E-state index in [1.54, 1.807) is 12.1 Å². The van der Waals surface area contributed by atoms with E-state index < -0.39 is 24.8 Å². The van der Waals surface area contributed by atoms with Crippen molar-refractivity contribution in [3.8, 4) is 0 Å². The molecule has 6 heteroatoms. The molecule has 0 unspecified atom stereocenters. The molecule has 2 atom stereocenters. The van der Waals surface area contributed by atoms with Gasteiger partial charge in [-0.1, -0.05) is 30.3 Å². The lowest BCUT2D eigenvalue weighted by Gasteiger charge is -2.20. The van der Waals surface area contributed by atoms with Gasteiger partial charge in [0.25, 0.3) is 0 Å². The SMILES string of the molecule is O=C(N[C@@H](c1ccco1)[C@@H](O)CO)OCc1ccccc1. The van der Waals surface area contributed by atoms with Crippen molar-refractivity contribution in [3.63, 3.8) is 0 Å². The zero-order valence-electron chi connectivity index (χ0n) is 11.3. The molecule has 0 saturated heterocycles. The maximum atomic E-state index is 11.8. The van der Waals surface area contributed by atoms with Gasteiger partial charge < -0.3 is 24.7 Å². The lowest BCUT2D eigenvalue weighted by atomic mass is 10.1. The van der Waals surface area contributed by atoms with Gasteiger partial charge in [-0.3, -0.25) is 0 Å². The zero-order valence-corrected chi connectivity index (χ0v) is 11.3. The molecule has 0 spiro atoms. The number of carbonyl (C=O) groups excluding carboxylic acids is 1. The van der Waals surface area contributed by atoms with Crippen LogP contribution in [-0.2, 0) is 11.3 Å². The Morgan fingerprint density at radius 2 is 2.00 bits per heavy atom. The molecule has 2 aromatic rings. The highest BCUT2D eigenvalue weighted by Gasteiger charge is 2.25. The van der Waals surface area contributed by atoms with Gasteiger partial charge in [0.2, 0.25) is 0 Å². The number of amides is 1. The van der Waals surface area contributed by atoms with Gasteiger partial charge in [0.05, 0.1) is 12.9 Å². The predicted molar refractivity (Wildman–Crippen MR) is 74.3 cm³/mol. The average Bonchev–Trinajstić information content (AvgIpc) is 3.05. The Hall–Kier alpha value is -2.31.